The fraction of sp³-hybridized carbons (Fsp3) is 0.143. The van der Waals surface area contributed by atoms with E-state index in [-0.39, 0.29) is 0 Å². The molecule has 1 heterocycles. The number of nitriles is 2. The van der Waals surface area contributed by atoms with Crippen LogP contribution in [-0.4, -0.2) is 0 Å². The van der Waals surface area contributed by atoms with E-state index in [2.05, 4.69) is 34.7 Å². The van der Waals surface area contributed by atoms with Crippen molar-refractivity contribution >= 4 is 33.9 Å². The summed E-state index contributed by atoms with van der Waals surface area (Å²) in [5.74, 6) is 0. The molecule has 1 aromatic rings. The Morgan fingerprint density at radius 3 is 2.27 bits per heavy atom. The molecule has 0 saturated carbocycles. The zero-order valence-corrected chi connectivity index (χ0v) is 8.65. The topological polar surface area (TPSA) is 47.6 Å². The fourth-order valence-corrected chi connectivity index (χ4v) is 2.68. The highest BCUT2D eigenvalue weighted by Gasteiger charge is 2.11. The molecule has 11 heavy (non-hydrogen) atoms. The van der Waals surface area contributed by atoms with Crippen molar-refractivity contribution in [3.63, 3.8) is 0 Å². The number of hydrogen-bond acceptors (Lipinski definition) is 3. The van der Waals surface area contributed by atoms with Crippen molar-refractivity contribution in [3.8, 4) is 12.1 Å². The normalized spacial score (nSPS) is 8.73. The van der Waals surface area contributed by atoms with E-state index in [1.165, 1.54) is 11.3 Å². The Hall–Kier alpha value is -0.590. The summed E-state index contributed by atoms with van der Waals surface area (Å²) in [6.07, 6.45) is 0. The lowest BCUT2D eigenvalue weighted by molar-refractivity contribution is 1.41. The third kappa shape index (κ3) is 1.37. The van der Waals surface area contributed by atoms with E-state index >= 15 is 0 Å². The van der Waals surface area contributed by atoms with Crippen molar-refractivity contribution < 1.29 is 0 Å². The van der Waals surface area contributed by atoms with Gasteiger partial charge >= 0.3 is 0 Å². The van der Waals surface area contributed by atoms with Crippen LogP contribution in [0.2, 0.25) is 0 Å². The maximum absolute atomic E-state index is 8.65. The average Bonchev–Trinajstić information content (AvgIpc) is 2.26. The fourth-order valence-electron chi connectivity index (χ4n) is 0.713. The van der Waals surface area contributed by atoms with Crippen LogP contribution in [-0.2, 0) is 0 Å². The van der Waals surface area contributed by atoms with Crippen LogP contribution in [0.4, 0.5) is 0 Å². The Morgan fingerprint density at radius 2 is 2.00 bits per heavy atom. The van der Waals surface area contributed by atoms with Gasteiger partial charge in [0, 0.05) is 0 Å². The molecule has 1 rings (SSSR count). The molecule has 1 aromatic heterocycles. The Bertz CT molecular complexity index is 367. The Balaban J connectivity index is 3.43. The van der Waals surface area contributed by atoms with Crippen LogP contribution in [0.5, 0.6) is 0 Å². The molecule has 0 spiro atoms. The molecule has 0 aromatic carbocycles. The minimum Gasteiger partial charge on any atom is -0.192 e. The summed E-state index contributed by atoms with van der Waals surface area (Å²) >= 11 is 3.44. The maximum atomic E-state index is 8.65. The zero-order chi connectivity index (χ0) is 8.43. The Kier molecular flexibility index (Phi) is 2.48. The summed E-state index contributed by atoms with van der Waals surface area (Å²) in [5, 5.41) is 17.2. The van der Waals surface area contributed by atoms with Crippen LogP contribution in [0.15, 0.2) is 0 Å². The third-order valence-corrected chi connectivity index (χ3v) is 3.50. The van der Waals surface area contributed by atoms with Gasteiger partial charge in [0.1, 0.15) is 17.0 Å². The van der Waals surface area contributed by atoms with E-state index < -0.39 is 0 Å². The summed E-state index contributed by atoms with van der Waals surface area (Å²) in [6.45, 7) is 1.80. The number of halogens is 1. The second-order valence-electron chi connectivity index (χ2n) is 1.93. The lowest BCUT2D eigenvalue weighted by Crippen LogP contribution is -1.77. The molecule has 0 aliphatic heterocycles. The van der Waals surface area contributed by atoms with Crippen LogP contribution in [0.1, 0.15) is 16.0 Å². The molecule has 0 radical (unpaired) electrons. The monoisotopic (exact) mass is 274 g/mol. The average molecular weight is 274 g/mol. The predicted octanol–water partition coefficient (Wildman–Crippen LogP) is 2.40. The maximum Gasteiger partial charge on any atom is 0.110 e. The molecule has 0 bridgehead atoms. The standard InChI is InChI=1S/C7H3IN2S/c1-4-5(2-9)7(8)11-6(4)3-10/h1H3. The van der Waals surface area contributed by atoms with E-state index in [0.717, 1.165) is 8.45 Å². The SMILES string of the molecule is Cc1c(C#N)sc(I)c1C#N. The smallest absolute Gasteiger partial charge is 0.110 e. The highest BCUT2D eigenvalue weighted by atomic mass is 127. The summed E-state index contributed by atoms with van der Waals surface area (Å²) in [5.41, 5.74) is 1.46. The summed E-state index contributed by atoms with van der Waals surface area (Å²) in [7, 11) is 0. The van der Waals surface area contributed by atoms with Gasteiger partial charge in [-0.3, -0.25) is 0 Å². The summed E-state index contributed by atoms with van der Waals surface area (Å²) < 4.78 is 0.902. The Morgan fingerprint density at radius 1 is 1.36 bits per heavy atom. The van der Waals surface area contributed by atoms with Gasteiger partial charge in [-0.15, -0.1) is 11.3 Å². The molecule has 0 atom stereocenters. The molecule has 54 valence electrons. The minimum atomic E-state index is 0.644. The van der Waals surface area contributed by atoms with Crippen molar-refractivity contribution in [3.05, 3.63) is 18.9 Å². The van der Waals surface area contributed by atoms with Gasteiger partial charge < -0.3 is 0 Å². The largest absolute Gasteiger partial charge is 0.192 e. The van der Waals surface area contributed by atoms with Gasteiger partial charge in [0.05, 0.1) is 8.45 Å². The summed E-state index contributed by atoms with van der Waals surface area (Å²) in [6, 6.07) is 4.12. The molecule has 0 aliphatic carbocycles. The molecule has 0 amide bonds. The van der Waals surface area contributed by atoms with Gasteiger partial charge in [-0.2, -0.15) is 10.5 Å². The molecule has 0 N–H and O–H groups in total. The van der Waals surface area contributed by atoms with E-state index in [4.69, 9.17) is 10.5 Å². The van der Waals surface area contributed by atoms with Crippen molar-refractivity contribution in [1.29, 1.82) is 10.5 Å². The van der Waals surface area contributed by atoms with Gasteiger partial charge in [0.15, 0.2) is 0 Å². The molecular weight excluding hydrogens is 271 g/mol. The van der Waals surface area contributed by atoms with E-state index in [1.807, 2.05) is 0 Å². The molecule has 4 heteroatoms. The first-order valence-corrected chi connectivity index (χ1v) is 4.69. The molecule has 0 fully saturated rings. The van der Waals surface area contributed by atoms with Crippen LogP contribution in [0, 0.1) is 32.5 Å². The summed E-state index contributed by atoms with van der Waals surface area (Å²) in [4.78, 5) is 0.644. The molecular formula is C7H3IN2S. The minimum absolute atomic E-state index is 0.644. The highest BCUT2D eigenvalue weighted by Crippen LogP contribution is 2.27. The molecule has 0 saturated heterocycles. The predicted molar refractivity (Wildman–Crippen MR) is 51.2 cm³/mol. The van der Waals surface area contributed by atoms with Crippen LogP contribution in [0.3, 0.4) is 0 Å². The number of hydrogen-bond donors (Lipinski definition) is 0. The zero-order valence-electron chi connectivity index (χ0n) is 5.68. The van der Waals surface area contributed by atoms with Gasteiger partial charge in [-0.25, -0.2) is 0 Å². The molecule has 2 nitrogen and oxygen atoms in total. The van der Waals surface area contributed by atoms with Crippen molar-refractivity contribution in [1.82, 2.24) is 0 Å². The van der Waals surface area contributed by atoms with Gasteiger partial charge in [0.25, 0.3) is 0 Å². The van der Waals surface area contributed by atoms with Crippen LogP contribution < -0.4 is 0 Å². The molecule has 0 unspecified atom stereocenters. The first kappa shape index (κ1) is 8.51. The van der Waals surface area contributed by atoms with Crippen molar-refractivity contribution in [2.24, 2.45) is 0 Å². The second-order valence-corrected chi connectivity index (χ2v) is 4.76. The number of rotatable bonds is 0. The van der Waals surface area contributed by atoms with Gasteiger partial charge in [-0.1, -0.05) is 0 Å². The van der Waals surface area contributed by atoms with Gasteiger partial charge in [-0.05, 0) is 35.1 Å². The van der Waals surface area contributed by atoms with E-state index in [1.54, 1.807) is 6.92 Å². The molecule has 0 aliphatic rings. The van der Waals surface area contributed by atoms with Gasteiger partial charge in [0.2, 0.25) is 0 Å². The second kappa shape index (κ2) is 3.21. The van der Waals surface area contributed by atoms with Crippen molar-refractivity contribution in [2.45, 2.75) is 6.92 Å². The van der Waals surface area contributed by atoms with E-state index in [0.29, 0.717) is 10.4 Å². The lowest BCUT2D eigenvalue weighted by atomic mass is 10.2. The van der Waals surface area contributed by atoms with E-state index in [9.17, 15) is 0 Å². The lowest BCUT2D eigenvalue weighted by Gasteiger charge is -1.83. The third-order valence-electron chi connectivity index (χ3n) is 1.32. The Labute approximate surface area is 82.2 Å². The number of thiophene rings is 1. The first-order valence-electron chi connectivity index (χ1n) is 2.79. The van der Waals surface area contributed by atoms with Crippen LogP contribution >= 0.6 is 33.9 Å². The quantitative estimate of drug-likeness (QED) is 0.682. The van der Waals surface area contributed by atoms with Crippen molar-refractivity contribution in [2.75, 3.05) is 0 Å². The number of nitrogens with zero attached hydrogens (tertiary/aromatic N) is 2. The van der Waals surface area contributed by atoms with Crippen LogP contribution in [0.25, 0.3) is 0 Å². The first-order chi connectivity index (χ1) is 5.20. The highest BCUT2D eigenvalue weighted by molar-refractivity contribution is 14.1.